The summed E-state index contributed by atoms with van der Waals surface area (Å²) < 4.78 is 0. The quantitative estimate of drug-likeness (QED) is 0.532. The summed E-state index contributed by atoms with van der Waals surface area (Å²) in [6.07, 6.45) is 2.27. The smallest absolute Gasteiger partial charge is 0.311 e. The van der Waals surface area contributed by atoms with Crippen molar-refractivity contribution in [1.82, 2.24) is 10.3 Å². The second-order valence-corrected chi connectivity index (χ2v) is 4.43. The second kappa shape index (κ2) is 5.63. The lowest BCUT2D eigenvalue weighted by Gasteiger charge is -2.09. The molecule has 4 N–H and O–H groups in total. The van der Waals surface area contributed by atoms with E-state index in [4.69, 9.17) is 5.73 Å². The maximum absolute atomic E-state index is 10.6. The highest BCUT2D eigenvalue weighted by atomic mass is 16.6. The van der Waals surface area contributed by atoms with E-state index < -0.39 is 4.92 Å². The molecule has 1 unspecified atom stereocenters. The molecule has 1 aliphatic rings. The van der Waals surface area contributed by atoms with Crippen LogP contribution in [0.5, 0.6) is 0 Å². The fourth-order valence-electron chi connectivity index (χ4n) is 2.09. The van der Waals surface area contributed by atoms with Crippen molar-refractivity contribution in [3.8, 4) is 0 Å². The third-order valence-electron chi connectivity index (χ3n) is 3.12. The first kappa shape index (κ1) is 12.6. The van der Waals surface area contributed by atoms with E-state index in [1.54, 1.807) is 6.07 Å². The molecule has 0 aliphatic carbocycles. The standard InChI is InChI=1S/C11H17N5O2/c12-11-9(16(17)18)1-2-10(15-11)14-6-4-8-3-5-13-7-8/h1-2,8,13H,3-7H2,(H3,12,14,15). The minimum Gasteiger partial charge on any atom is -0.378 e. The van der Waals surface area contributed by atoms with E-state index in [2.05, 4.69) is 15.6 Å². The second-order valence-electron chi connectivity index (χ2n) is 4.43. The molecule has 2 heterocycles. The number of nitrogen functional groups attached to an aromatic ring is 1. The van der Waals surface area contributed by atoms with E-state index in [9.17, 15) is 10.1 Å². The molecule has 1 fully saturated rings. The van der Waals surface area contributed by atoms with Crippen molar-refractivity contribution >= 4 is 17.3 Å². The first-order chi connectivity index (χ1) is 8.66. The highest BCUT2D eigenvalue weighted by Crippen LogP contribution is 2.21. The summed E-state index contributed by atoms with van der Waals surface area (Å²) in [5, 5.41) is 17.0. The zero-order valence-electron chi connectivity index (χ0n) is 10.1. The zero-order valence-corrected chi connectivity index (χ0v) is 10.1. The average Bonchev–Trinajstić information content (AvgIpc) is 2.81. The van der Waals surface area contributed by atoms with E-state index in [1.807, 2.05) is 0 Å². The van der Waals surface area contributed by atoms with Gasteiger partial charge in [0.1, 0.15) is 5.82 Å². The van der Waals surface area contributed by atoms with E-state index in [0.29, 0.717) is 11.7 Å². The SMILES string of the molecule is Nc1nc(NCCC2CCNC2)ccc1[N+](=O)[O-]. The third-order valence-corrected chi connectivity index (χ3v) is 3.12. The number of nitro groups is 1. The first-order valence-electron chi connectivity index (χ1n) is 6.02. The van der Waals surface area contributed by atoms with Gasteiger partial charge in [-0.3, -0.25) is 10.1 Å². The van der Waals surface area contributed by atoms with Gasteiger partial charge in [0, 0.05) is 12.6 Å². The number of hydrogen-bond acceptors (Lipinski definition) is 6. The minimum absolute atomic E-state index is 0.0486. The lowest BCUT2D eigenvalue weighted by atomic mass is 10.1. The van der Waals surface area contributed by atoms with Crippen LogP contribution in [0.3, 0.4) is 0 Å². The zero-order chi connectivity index (χ0) is 13.0. The van der Waals surface area contributed by atoms with Crippen LogP contribution in [0, 0.1) is 16.0 Å². The van der Waals surface area contributed by atoms with E-state index in [0.717, 1.165) is 26.1 Å². The molecule has 0 radical (unpaired) electrons. The third kappa shape index (κ3) is 3.07. The average molecular weight is 251 g/mol. The summed E-state index contributed by atoms with van der Waals surface area (Å²) >= 11 is 0. The molecule has 7 nitrogen and oxygen atoms in total. The lowest BCUT2D eigenvalue weighted by molar-refractivity contribution is -0.384. The number of pyridine rings is 1. The normalized spacial score (nSPS) is 18.8. The number of nitrogens with two attached hydrogens (primary N) is 1. The van der Waals surface area contributed by atoms with E-state index >= 15 is 0 Å². The van der Waals surface area contributed by atoms with Crippen LogP contribution >= 0.6 is 0 Å². The van der Waals surface area contributed by atoms with Gasteiger partial charge in [-0.2, -0.15) is 0 Å². The van der Waals surface area contributed by atoms with Crippen molar-refractivity contribution in [2.75, 3.05) is 30.7 Å². The Bertz CT molecular complexity index is 431. The van der Waals surface area contributed by atoms with Crippen LogP contribution in [-0.2, 0) is 0 Å². The number of rotatable bonds is 5. The van der Waals surface area contributed by atoms with Gasteiger partial charge in [0.2, 0.25) is 5.82 Å². The Kier molecular flexibility index (Phi) is 3.93. The van der Waals surface area contributed by atoms with E-state index in [-0.39, 0.29) is 11.5 Å². The number of nitrogens with one attached hydrogen (secondary N) is 2. The molecule has 0 amide bonds. The Morgan fingerprint density at radius 2 is 2.44 bits per heavy atom. The molecular weight excluding hydrogens is 234 g/mol. The Hall–Kier alpha value is -1.89. The molecule has 18 heavy (non-hydrogen) atoms. The Labute approximate surface area is 105 Å². The summed E-state index contributed by atoms with van der Waals surface area (Å²) in [5.74, 6) is 1.24. The van der Waals surface area contributed by atoms with Crippen molar-refractivity contribution in [3.63, 3.8) is 0 Å². The van der Waals surface area contributed by atoms with Crippen LogP contribution in [0.25, 0.3) is 0 Å². The topological polar surface area (TPSA) is 106 Å². The molecular formula is C11H17N5O2. The number of nitrogens with zero attached hydrogens (tertiary/aromatic N) is 2. The number of aromatic nitrogens is 1. The largest absolute Gasteiger partial charge is 0.378 e. The monoisotopic (exact) mass is 251 g/mol. The molecule has 2 rings (SSSR count). The minimum atomic E-state index is -0.531. The summed E-state index contributed by atoms with van der Waals surface area (Å²) in [6.45, 7) is 2.96. The molecule has 1 aromatic rings. The number of hydrogen-bond donors (Lipinski definition) is 3. The Balaban J connectivity index is 1.85. The van der Waals surface area contributed by atoms with Crippen molar-refractivity contribution in [2.45, 2.75) is 12.8 Å². The van der Waals surface area contributed by atoms with Gasteiger partial charge in [0.15, 0.2) is 0 Å². The van der Waals surface area contributed by atoms with Crippen molar-refractivity contribution in [2.24, 2.45) is 5.92 Å². The number of anilines is 2. The van der Waals surface area contributed by atoms with Gasteiger partial charge in [0.05, 0.1) is 4.92 Å². The Morgan fingerprint density at radius 1 is 1.61 bits per heavy atom. The molecule has 98 valence electrons. The molecule has 0 bridgehead atoms. The van der Waals surface area contributed by atoms with Gasteiger partial charge in [-0.1, -0.05) is 0 Å². The molecule has 0 spiro atoms. The van der Waals surface area contributed by atoms with Gasteiger partial charge in [-0.15, -0.1) is 0 Å². The first-order valence-corrected chi connectivity index (χ1v) is 6.02. The molecule has 0 aromatic carbocycles. The summed E-state index contributed by atoms with van der Waals surface area (Å²) in [5.41, 5.74) is 5.36. The fourth-order valence-corrected chi connectivity index (χ4v) is 2.09. The maximum Gasteiger partial charge on any atom is 0.311 e. The fraction of sp³-hybridized carbons (Fsp3) is 0.545. The van der Waals surface area contributed by atoms with Gasteiger partial charge in [-0.25, -0.2) is 4.98 Å². The van der Waals surface area contributed by atoms with Crippen LogP contribution in [0.1, 0.15) is 12.8 Å². The lowest BCUT2D eigenvalue weighted by Crippen LogP contribution is -2.13. The summed E-state index contributed by atoms with van der Waals surface area (Å²) in [7, 11) is 0. The van der Waals surface area contributed by atoms with Crippen molar-refractivity contribution in [1.29, 1.82) is 0 Å². The predicted octanol–water partition coefficient (Wildman–Crippen LogP) is 0.983. The van der Waals surface area contributed by atoms with E-state index in [1.165, 1.54) is 12.5 Å². The maximum atomic E-state index is 10.6. The van der Waals surface area contributed by atoms with Crippen molar-refractivity contribution in [3.05, 3.63) is 22.2 Å². The van der Waals surface area contributed by atoms with Crippen LogP contribution in [0.15, 0.2) is 12.1 Å². The molecule has 1 saturated heterocycles. The highest BCUT2D eigenvalue weighted by Gasteiger charge is 2.15. The van der Waals surface area contributed by atoms with Crippen LogP contribution < -0.4 is 16.4 Å². The molecule has 1 atom stereocenters. The molecule has 7 heteroatoms. The van der Waals surface area contributed by atoms with Gasteiger partial charge in [-0.05, 0) is 37.9 Å². The molecule has 1 aliphatic heterocycles. The van der Waals surface area contributed by atoms with Gasteiger partial charge < -0.3 is 16.4 Å². The van der Waals surface area contributed by atoms with Crippen LogP contribution in [0.2, 0.25) is 0 Å². The van der Waals surface area contributed by atoms with Crippen LogP contribution in [0.4, 0.5) is 17.3 Å². The van der Waals surface area contributed by atoms with Crippen LogP contribution in [-0.4, -0.2) is 29.5 Å². The van der Waals surface area contributed by atoms with Gasteiger partial charge in [0.25, 0.3) is 0 Å². The summed E-state index contributed by atoms with van der Waals surface area (Å²) in [6, 6.07) is 2.96. The summed E-state index contributed by atoms with van der Waals surface area (Å²) in [4.78, 5) is 14.0. The van der Waals surface area contributed by atoms with Gasteiger partial charge >= 0.3 is 5.69 Å². The highest BCUT2D eigenvalue weighted by molar-refractivity contribution is 5.57. The molecule has 0 saturated carbocycles. The molecule has 1 aromatic heterocycles. The van der Waals surface area contributed by atoms with Crippen molar-refractivity contribution < 1.29 is 4.92 Å². The predicted molar refractivity (Wildman–Crippen MR) is 69.4 cm³/mol. The Morgan fingerprint density at radius 3 is 3.06 bits per heavy atom.